The summed E-state index contributed by atoms with van der Waals surface area (Å²) >= 11 is 0. The summed E-state index contributed by atoms with van der Waals surface area (Å²) in [7, 11) is 0. The minimum absolute atomic E-state index is 0.329. The maximum Gasteiger partial charge on any atom is 0.237 e. The molecule has 0 unspecified atom stereocenters. The molecule has 0 saturated carbocycles. The molecule has 5 saturated heterocycles. The minimum atomic E-state index is 0.329. The number of carbonyl (C=O) groups is 1. The van der Waals surface area contributed by atoms with Gasteiger partial charge in [0.05, 0.1) is 25.8 Å². The Bertz CT molecular complexity index is 677. The van der Waals surface area contributed by atoms with Gasteiger partial charge in [0.25, 0.3) is 0 Å². The molecule has 1 amide bonds. The summed E-state index contributed by atoms with van der Waals surface area (Å²) in [4.78, 5) is 20.5. The third-order valence-electron chi connectivity index (χ3n) is 7.28. The molecule has 146 valence electrons. The van der Waals surface area contributed by atoms with Gasteiger partial charge in [0, 0.05) is 31.6 Å². The van der Waals surface area contributed by atoms with Gasteiger partial charge in [-0.15, -0.1) is 0 Å². The average Bonchev–Trinajstić information content (AvgIpc) is 3.13. The van der Waals surface area contributed by atoms with Gasteiger partial charge < -0.3 is 9.64 Å². The maximum atomic E-state index is 13.3. The highest BCUT2D eigenvalue weighted by molar-refractivity contribution is 5.79. The molecular formula is C22H31N3O2. The number of ether oxygens (including phenoxy) is 1. The van der Waals surface area contributed by atoms with Crippen LogP contribution in [0.25, 0.3) is 0 Å². The van der Waals surface area contributed by atoms with Crippen LogP contribution in [0.4, 0.5) is 0 Å². The lowest BCUT2D eigenvalue weighted by molar-refractivity contribution is -0.138. The number of amides is 1. The maximum absolute atomic E-state index is 13.3. The van der Waals surface area contributed by atoms with Crippen molar-refractivity contribution in [3.8, 4) is 0 Å². The van der Waals surface area contributed by atoms with Crippen LogP contribution in [0.5, 0.6) is 0 Å². The molecule has 6 rings (SSSR count). The van der Waals surface area contributed by atoms with Crippen LogP contribution in [-0.4, -0.2) is 85.2 Å². The quantitative estimate of drug-likeness (QED) is 0.813. The number of morpholine rings is 1. The molecule has 5 heteroatoms. The summed E-state index contributed by atoms with van der Waals surface area (Å²) < 4.78 is 5.44. The van der Waals surface area contributed by atoms with E-state index in [1.807, 2.05) is 0 Å². The van der Waals surface area contributed by atoms with Crippen LogP contribution in [0, 0.1) is 12.8 Å². The normalized spacial score (nSPS) is 36.0. The summed E-state index contributed by atoms with van der Waals surface area (Å²) in [5, 5.41) is 0. The van der Waals surface area contributed by atoms with Crippen LogP contribution < -0.4 is 0 Å². The number of piperidine rings is 3. The predicted octanol–water partition coefficient (Wildman–Crippen LogP) is 1.72. The van der Waals surface area contributed by atoms with Gasteiger partial charge in [-0.2, -0.15) is 0 Å². The van der Waals surface area contributed by atoms with Crippen molar-refractivity contribution in [2.24, 2.45) is 5.92 Å². The first-order valence-corrected chi connectivity index (χ1v) is 10.6. The Hall–Kier alpha value is -1.43. The molecule has 1 aromatic carbocycles. The zero-order chi connectivity index (χ0) is 18.4. The van der Waals surface area contributed by atoms with Crippen LogP contribution in [0.1, 0.15) is 29.9 Å². The lowest BCUT2D eigenvalue weighted by Crippen LogP contribution is -2.61. The second-order valence-corrected chi connectivity index (χ2v) is 8.81. The van der Waals surface area contributed by atoms with Gasteiger partial charge in [-0.25, -0.2) is 0 Å². The Labute approximate surface area is 162 Å². The van der Waals surface area contributed by atoms with Crippen molar-refractivity contribution >= 4 is 5.91 Å². The zero-order valence-corrected chi connectivity index (χ0v) is 16.3. The fourth-order valence-electron chi connectivity index (χ4n) is 5.85. The summed E-state index contributed by atoms with van der Waals surface area (Å²) in [5.74, 6) is 1.46. The van der Waals surface area contributed by atoms with E-state index >= 15 is 0 Å². The van der Waals surface area contributed by atoms with E-state index in [2.05, 4.69) is 45.9 Å². The monoisotopic (exact) mass is 369 g/mol. The van der Waals surface area contributed by atoms with E-state index in [-0.39, 0.29) is 0 Å². The number of nitrogens with zero attached hydrogens (tertiary/aromatic N) is 3. The number of rotatable bonds is 3. The number of carbonyl (C=O) groups excluding carboxylic acids is 1. The molecule has 5 aliphatic rings. The number of hydrogen-bond donors (Lipinski definition) is 0. The number of aryl methyl sites for hydroxylation is 1. The highest BCUT2D eigenvalue weighted by Gasteiger charge is 2.54. The summed E-state index contributed by atoms with van der Waals surface area (Å²) in [6.07, 6.45) is 2.51. The van der Waals surface area contributed by atoms with Gasteiger partial charge in [0.15, 0.2) is 0 Å². The molecule has 1 aromatic rings. The van der Waals surface area contributed by atoms with Gasteiger partial charge >= 0.3 is 0 Å². The Morgan fingerprint density at radius 3 is 2.44 bits per heavy atom. The number of likely N-dealkylation sites (tertiary alicyclic amines) is 1. The number of fused-ring (bicyclic) bond motifs is 2. The summed E-state index contributed by atoms with van der Waals surface area (Å²) in [6, 6.07) is 9.94. The Balaban J connectivity index is 1.40. The molecular weight excluding hydrogens is 338 g/mol. The van der Waals surface area contributed by atoms with E-state index in [1.165, 1.54) is 37.1 Å². The lowest BCUT2D eigenvalue weighted by atomic mass is 9.75. The molecule has 0 aliphatic carbocycles. The summed E-state index contributed by atoms with van der Waals surface area (Å²) in [6.45, 7) is 9.26. The van der Waals surface area contributed by atoms with Crippen LogP contribution in [0.3, 0.4) is 0 Å². The molecule has 0 N–H and O–H groups in total. The van der Waals surface area contributed by atoms with Crippen molar-refractivity contribution in [1.29, 1.82) is 0 Å². The van der Waals surface area contributed by atoms with Gasteiger partial charge in [0.2, 0.25) is 5.91 Å². The average molecular weight is 370 g/mol. The molecule has 0 aromatic heterocycles. The van der Waals surface area contributed by atoms with Crippen molar-refractivity contribution in [3.63, 3.8) is 0 Å². The Kier molecular flexibility index (Phi) is 4.70. The lowest BCUT2D eigenvalue weighted by Gasteiger charge is -2.51. The number of benzene rings is 1. The smallest absolute Gasteiger partial charge is 0.237 e. The van der Waals surface area contributed by atoms with Crippen molar-refractivity contribution in [3.05, 3.63) is 35.4 Å². The van der Waals surface area contributed by atoms with Crippen molar-refractivity contribution in [1.82, 2.24) is 14.7 Å². The highest BCUT2D eigenvalue weighted by Crippen LogP contribution is 2.46. The standard InChI is InChI=1S/C22H31N3O2/c1-16-2-4-17(5-3-16)19-14-25(20(26)15-23-10-12-27-13-11-23)21-18-6-8-24(9-7-18)22(19)21/h2-5,18-19,21-22H,6-15H2,1H3/t19-,21+,22+/m0/s1. The van der Waals surface area contributed by atoms with Gasteiger partial charge in [-0.3, -0.25) is 14.6 Å². The second kappa shape index (κ2) is 7.19. The fraction of sp³-hybridized carbons (Fsp3) is 0.682. The molecule has 5 heterocycles. The van der Waals surface area contributed by atoms with E-state index in [0.29, 0.717) is 36.4 Å². The van der Waals surface area contributed by atoms with Crippen LogP contribution >= 0.6 is 0 Å². The van der Waals surface area contributed by atoms with Crippen molar-refractivity contribution in [2.75, 3.05) is 52.5 Å². The first-order chi connectivity index (χ1) is 13.2. The third kappa shape index (κ3) is 3.20. The molecule has 2 bridgehead atoms. The first kappa shape index (κ1) is 17.7. The van der Waals surface area contributed by atoms with Crippen molar-refractivity contribution in [2.45, 2.75) is 37.8 Å². The van der Waals surface area contributed by atoms with E-state index in [1.54, 1.807) is 0 Å². The SMILES string of the molecule is Cc1ccc([C@@H]2CN(C(=O)CN3CCOCC3)[C@@H]3C4CCN(CC4)[C@@H]32)cc1. The molecule has 27 heavy (non-hydrogen) atoms. The fourth-order valence-corrected chi connectivity index (χ4v) is 5.85. The zero-order valence-electron chi connectivity index (χ0n) is 16.3. The van der Waals surface area contributed by atoms with Gasteiger partial charge in [0.1, 0.15) is 0 Å². The predicted molar refractivity (Wildman–Crippen MR) is 105 cm³/mol. The third-order valence-corrected chi connectivity index (χ3v) is 7.28. The van der Waals surface area contributed by atoms with Crippen LogP contribution in [0.2, 0.25) is 0 Å². The van der Waals surface area contributed by atoms with E-state index < -0.39 is 0 Å². The second-order valence-electron chi connectivity index (χ2n) is 8.81. The van der Waals surface area contributed by atoms with Crippen LogP contribution in [0.15, 0.2) is 24.3 Å². The van der Waals surface area contributed by atoms with Gasteiger partial charge in [-0.05, 0) is 44.3 Å². The Morgan fingerprint density at radius 2 is 1.74 bits per heavy atom. The number of hydrogen-bond acceptors (Lipinski definition) is 4. The van der Waals surface area contributed by atoms with E-state index in [4.69, 9.17) is 4.74 Å². The molecule has 5 fully saturated rings. The molecule has 5 nitrogen and oxygen atoms in total. The minimum Gasteiger partial charge on any atom is -0.379 e. The van der Waals surface area contributed by atoms with E-state index in [0.717, 1.165) is 32.8 Å². The largest absolute Gasteiger partial charge is 0.379 e. The molecule has 3 atom stereocenters. The molecule has 0 spiro atoms. The molecule has 0 radical (unpaired) electrons. The van der Waals surface area contributed by atoms with Crippen LogP contribution in [-0.2, 0) is 9.53 Å². The van der Waals surface area contributed by atoms with E-state index in [9.17, 15) is 4.79 Å². The Morgan fingerprint density at radius 1 is 1.04 bits per heavy atom. The topological polar surface area (TPSA) is 36.0 Å². The summed E-state index contributed by atoms with van der Waals surface area (Å²) in [5.41, 5.74) is 2.71. The van der Waals surface area contributed by atoms with Gasteiger partial charge in [-0.1, -0.05) is 29.8 Å². The molecule has 5 aliphatic heterocycles. The van der Waals surface area contributed by atoms with Crippen molar-refractivity contribution < 1.29 is 9.53 Å². The highest BCUT2D eigenvalue weighted by atomic mass is 16.5. The first-order valence-electron chi connectivity index (χ1n) is 10.6.